The number of allylic oxidation sites excluding steroid dienone is 3. The van der Waals surface area contributed by atoms with Crippen molar-refractivity contribution in [1.29, 1.82) is 0 Å². The van der Waals surface area contributed by atoms with E-state index in [0.29, 0.717) is 0 Å². The average Bonchev–Trinajstić information content (AvgIpc) is 2.01. The highest BCUT2D eigenvalue weighted by Crippen LogP contribution is 2.30. The Morgan fingerprint density at radius 1 is 1.57 bits per heavy atom. The summed E-state index contributed by atoms with van der Waals surface area (Å²) >= 11 is 0. The summed E-state index contributed by atoms with van der Waals surface area (Å²) in [7, 11) is 1.18. The summed E-state index contributed by atoms with van der Waals surface area (Å²) in [5, 5.41) is 0. The zero-order chi connectivity index (χ0) is 10.9. The Morgan fingerprint density at radius 3 is 2.57 bits per heavy atom. The lowest BCUT2D eigenvalue weighted by Gasteiger charge is -2.30. The number of nitrogens with zero attached hydrogens (tertiary/aromatic N) is 1. The van der Waals surface area contributed by atoms with Crippen LogP contribution in [0.3, 0.4) is 0 Å². The third-order valence-electron chi connectivity index (χ3n) is 1.93. The van der Waals surface area contributed by atoms with Crippen molar-refractivity contribution < 1.29 is 18.0 Å². The lowest BCUT2D eigenvalue weighted by atomic mass is 10.1. The quantitative estimate of drug-likeness (QED) is 0.689. The van der Waals surface area contributed by atoms with Gasteiger partial charge in [0.1, 0.15) is 11.7 Å². The van der Waals surface area contributed by atoms with Gasteiger partial charge in [0.25, 0.3) is 0 Å². The van der Waals surface area contributed by atoms with Gasteiger partial charge in [-0.1, -0.05) is 12.2 Å². The van der Waals surface area contributed by atoms with Crippen LogP contribution < -0.4 is 5.73 Å². The van der Waals surface area contributed by atoms with Crippen LogP contribution >= 0.6 is 0 Å². The van der Waals surface area contributed by atoms with E-state index in [0.717, 1.165) is 11.0 Å². The Morgan fingerprint density at radius 2 is 2.14 bits per heavy atom. The van der Waals surface area contributed by atoms with E-state index in [2.05, 4.69) is 0 Å². The van der Waals surface area contributed by atoms with Crippen LogP contribution in [0.5, 0.6) is 0 Å². The van der Waals surface area contributed by atoms with E-state index in [1.165, 1.54) is 19.2 Å². The van der Waals surface area contributed by atoms with Crippen molar-refractivity contribution in [1.82, 2.24) is 4.90 Å². The van der Waals surface area contributed by atoms with E-state index in [1.54, 1.807) is 0 Å². The van der Waals surface area contributed by atoms with Gasteiger partial charge in [0.05, 0.1) is 0 Å². The Balaban J connectivity index is 2.96. The van der Waals surface area contributed by atoms with Crippen LogP contribution in [0.1, 0.15) is 0 Å². The number of halogens is 3. The normalized spacial score (nSPS) is 22.1. The van der Waals surface area contributed by atoms with Gasteiger partial charge in [-0.3, -0.25) is 4.79 Å². The number of hydrogen-bond donors (Lipinski definition) is 1. The van der Waals surface area contributed by atoms with Gasteiger partial charge in [0, 0.05) is 7.05 Å². The molecule has 1 heterocycles. The maximum atomic E-state index is 12.3. The molecule has 0 aliphatic carbocycles. The van der Waals surface area contributed by atoms with Crippen molar-refractivity contribution in [3.8, 4) is 0 Å². The molecule has 0 fully saturated rings. The molecule has 0 aromatic carbocycles. The highest BCUT2D eigenvalue weighted by atomic mass is 19.4. The fourth-order valence-electron chi connectivity index (χ4n) is 1.23. The van der Waals surface area contributed by atoms with Crippen molar-refractivity contribution in [3.63, 3.8) is 0 Å². The lowest BCUT2D eigenvalue weighted by molar-refractivity contribution is -0.126. The number of alkyl halides is 3. The molecule has 3 nitrogen and oxygen atoms in total. The predicted octanol–water partition coefficient (Wildman–Crippen LogP) is 0.788. The lowest BCUT2D eigenvalue weighted by Crippen LogP contribution is -2.44. The summed E-state index contributed by atoms with van der Waals surface area (Å²) in [5.41, 5.74) is 4.07. The number of carbonyl (C=O) groups is 1. The summed E-state index contributed by atoms with van der Waals surface area (Å²) in [5.74, 6) is -0.807. The van der Waals surface area contributed by atoms with E-state index < -0.39 is 23.8 Å². The summed E-state index contributed by atoms with van der Waals surface area (Å²) in [4.78, 5) is 11.6. The molecule has 14 heavy (non-hydrogen) atoms. The molecule has 78 valence electrons. The van der Waals surface area contributed by atoms with Gasteiger partial charge in [-0.15, -0.1) is 0 Å². The van der Waals surface area contributed by atoms with Crippen LogP contribution in [0.2, 0.25) is 0 Å². The molecular weight excluding hydrogens is 197 g/mol. The Hall–Kier alpha value is -1.46. The van der Waals surface area contributed by atoms with Crippen molar-refractivity contribution in [2.45, 2.75) is 12.2 Å². The van der Waals surface area contributed by atoms with Crippen LogP contribution in [0, 0.1) is 0 Å². The summed E-state index contributed by atoms with van der Waals surface area (Å²) < 4.78 is 37.0. The van der Waals surface area contributed by atoms with Crippen LogP contribution in [0.4, 0.5) is 13.2 Å². The largest absolute Gasteiger partial charge is 0.431 e. The number of amides is 1. The van der Waals surface area contributed by atoms with Gasteiger partial charge in [-0.2, -0.15) is 13.2 Å². The maximum absolute atomic E-state index is 12.3. The molecule has 1 aliphatic rings. The first-order valence-electron chi connectivity index (χ1n) is 3.82. The number of carbonyl (C=O) groups excluding carboxylic acids is 1. The first-order valence-corrected chi connectivity index (χ1v) is 3.82. The zero-order valence-electron chi connectivity index (χ0n) is 7.38. The highest BCUT2D eigenvalue weighted by molar-refractivity contribution is 5.82. The summed E-state index contributed by atoms with van der Waals surface area (Å²) in [6.07, 6.45) is -1.07. The van der Waals surface area contributed by atoms with Gasteiger partial charge < -0.3 is 10.6 Å². The number of hydrogen-bond acceptors (Lipinski definition) is 2. The van der Waals surface area contributed by atoms with Crippen molar-refractivity contribution >= 4 is 5.91 Å². The molecule has 0 spiro atoms. The third-order valence-corrected chi connectivity index (χ3v) is 1.93. The predicted molar refractivity (Wildman–Crippen MR) is 44.0 cm³/mol. The molecule has 1 atom stereocenters. The van der Waals surface area contributed by atoms with Gasteiger partial charge in [0.15, 0.2) is 0 Å². The molecule has 6 heteroatoms. The molecule has 0 radical (unpaired) electrons. The second-order valence-corrected chi connectivity index (χ2v) is 2.89. The van der Waals surface area contributed by atoms with E-state index >= 15 is 0 Å². The van der Waals surface area contributed by atoms with Crippen LogP contribution in [-0.4, -0.2) is 30.1 Å². The summed E-state index contributed by atoms with van der Waals surface area (Å²) in [6, 6.07) is -1.03. The van der Waals surface area contributed by atoms with Gasteiger partial charge in [-0.05, 0) is 6.08 Å². The molecule has 0 saturated heterocycles. The molecular formula is C8H9F3N2O. The number of rotatable bonds is 1. The Labute approximate surface area is 78.7 Å². The topological polar surface area (TPSA) is 46.3 Å². The smallest absolute Gasteiger partial charge is 0.368 e. The standard InChI is InChI=1S/C8H9F3N2O/c1-13-5(7(12)14)3-2-4-6(13)8(9,10)11/h2-5H,1H3,(H2,12,14)/t5-/m0/s1. The molecule has 0 aromatic heterocycles. The summed E-state index contributed by atoms with van der Waals surface area (Å²) in [6.45, 7) is 0. The highest BCUT2D eigenvalue weighted by Gasteiger charge is 2.39. The van der Waals surface area contributed by atoms with E-state index in [-0.39, 0.29) is 0 Å². The van der Waals surface area contributed by atoms with E-state index in [9.17, 15) is 18.0 Å². The minimum Gasteiger partial charge on any atom is -0.368 e. The Bertz CT molecular complexity index is 306. The molecule has 0 aromatic rings. The fourth-order valence-corrected chi connectivity index (χ4v) is 1.23. The molecule has 1 rings (SSSR count). The van der Waals surface area contributed by atoms with Crippen LogP contribution in [0.25, 0.3) is 0 Å². The van der Waals surface area contributed by atoms with Crippen molar-refractivity contribution in [3.05, 3.63) is 23.9 Å². The van der Waals surface area contributed by atoms with E-state index in [4.69, 9.17) is 5.73 Å². The van der Waals surface area contributed by atoms with Gasteiger partial charge >= 0.3 is 6.18 Å². The third kappa shape index (κ3) is 1.89. The molecule has 0 unspecified atom stereocenters. The number of nitrogens with two attached hydrogens (primary N) is 1. The monoisotopic (exact) mass is 206 g/mol. The van der Waals surface area contributed by atoms with Crippen molar-refractivity contribution in [2.75, 3.05) is 7.05 Å². The van der Waals surface area contributed by atoms with Crippen LogP contribution in [-0.2, 0) is 4.79 Å². The minimum absolute atomic E-state index is 0.807. The SMILES string of the molecule is CN1C(C(F)(F)F)=CC=C[C@H]1C(N)=O. The fraction of sp³-hybridized carbons (Fsp3) is 0.375. The second kappa shape index (κ2) is 3.36. The molecule has 0 saturated carbocycles. The minimum atomic E-state index is -4.47. The van der Waals surface area contributed by atoms with Crippen molar-refractivity contribution in [2.24, 2.45) is 5.73 Å². The average molecular weight is 206 g/mol. The molecule has 1 amide bonds. The zero-order valence-corrected chi connectivity index (χ0v) is 7.38. The first kappa shape index (κ1) is 10.6. The van der Waals surface area contributed by atoms with Crippen LogP contribution in [0.15, 0.2) is 23.9 Å². The van der Waals surface area contributed by atoms with Gasteiger partial charge in [-0.25, -0.2) is 0 Å². The Kier molecular flexibility index (Phi) is 2.55. The number of likely N-dealkylation sites (N-methyl/N-ethyl adjacent to an activating group) is 1. The molecule has 0 bridgehead atoms. The number of primary amides is 1. The second-order valence-electron chi connectivity index (χ2n) is 2.89. The van der Waals surface area contributed by atoms with E-state index in [1.807, 2.05) is 0 Å². The molecule has 1 aliphatic heterocycles. The maximum Gasteiger partial charge on any atom is 0.431 e. The molecule has 2 N–H and O–H groups in total. The first-order chi connectivity index (χ1) is 6.34. The van der Waals surface area contributed by atoms with Gasteiger partial charge in [0.2, 0.25) is 5.91 Å².